The molecule has 0 radical (unpaired) electrons. The van der Waals surface area contributed by atoms with E-state index in [4.69, 9.17) is 9.47 Å². The minimum absolute atomic E-state index is 0.119. The Bertz CT molecular complexity index is 901. The van der Waals surface area contributed by atoms with Crippen LogP contribution in [0.25, 0.3) is 0 Å². The molecule has 0 spiro atoms. The molecule has 0 aromatic heterocycles. The maximum absolute atomic E-state index is 13.8. The molecule has 2 amide bonds. The van der Waals surface area contributed by atoms with Gasteiger partial charge >= 0.3 is 0 Å². The number of hydrogen-bond acceptors (Lipinski definition) is 4. The number of amides is 2. The van der Waals surface area contributed by atoms with Crippen molar-refractivity contribution in [2.24, 2.45) is 5.92 Å². The molecule has 2 aromatic carbocycles. The van der Waals surface area contributed by atoms with Gasteiger partial charge in [-0.05, 0) is 18.2 Å². The first-order chi connectivity index (χ1) is 13.0. The Morgan fingerprint density at radius 2 is 2.00 bits per heavy atom. The summed E-state index contributed by atoms with van der Waals surface area (Å²) in [6, 6.07) is 11.6. The van der Waals surface area contributed by atoms with E-state index in [0.29, 0.717) is 29.3 Å². The maximum Gasteiger partial charge on any atom is 0.231 e. The van der Waals surface area contributed by atoms with E-state index in [0.717, 1.165) is 0 Å². The summed E-state index contributed by atoms with van der Waals surface area (Å²) in [7, 11) is 1.63. The number of hydrogen-bond donors (Lipinski definition) is 0. The van der Waals surface area contributed by atoms with Crippen LogP contribution in [0.5, 0.6) is 11.5 Å². The molecule has 0 aliphatic carbocycles. The summed E-state index contributed by atoms with van der Waals surface area (Å²) in [6.07, 6.45) is 0.134. The van der Waals surface area contributed by atoms with E-state index in [-0.39, 0.29) is 37.4 Å². The summed E-state index contributed by atoms with van der Waals surface area (Å²) in [5.41, 5.74) is 1.13. The lowest BCUT2D eigenvalue weighted by Crippen LogP contribution is -2.34. The third kappa shape index (κ3) is 3.32. The normalized spacial score (nSPS) is 18.1. The molecule has 2 aromatic rings. The van der Waals surface area contributed by atoms with Crippen molar-refractivity contribution in [1.82, 2.24) is 4.90 Å². The standard InChI is InChI=1S/C20H19FN2O4/c1-22(10-13-4-2-3-5-16(13)21)20(25)14-8-19(24)23(11-14)15-6-7-17-18(9-15)27-12-26-17/h2-7,9,14H,8,10-12H2,1H3. The zero-order valence-electron chi connectivity index (χ0n) is 14.9. The Balaban J connectivity index is 1.45. The number of ether oxygens (including phenoxy) is 2. The Labute approximate surface area is 156 Å². The van der Waals surface area contributed by atoms with Crippen molar-refractivity contribution in [2.45, 2.75) is 13.0 Å². The second kappa shape index (κ2) is 6.90. The van der Waals surface area contributed by atoms with Gasteiger partial charge in [0.2, 0.25) is 18.6 Å². The molecule has 0 saturated carbocycles. The number of fused-ring (bicyclic) bond motifs is 1. The van der Waals surface area contributed by atoms with Gasteiger partial charge in [0.05, 0.1) is 5.92 Å². The third-order valence-electron chi connectivity index (χ3n) is 4.88. The number of anilines is 1. The number of benzene rings is 2. The van der Waals surface area contributed by atoms with Crippen LogP contribution in [0.4, 0.5) is 10.1 Å². The van der Waals surface area contributed by atoms with Gasteiger partial charge in [0.1, 0.15) is 5.82 Å². The largest absolute Gasteiger partial charge is 0.454 e. The molecule has 27 heavy (non-hydrogen) atoms. The zero-order chi connectivity index (χ0) is 19.0. The molecule has 0 bridgehead atoms. The van der Waals surface area contributed by atoms with E-state index in [1.165, 1.54) is 11.0 Å². The fraction of sp³-hybridized carbons (Fsp3) is 0.300. The minimum Gasteiger partial charge on any atom is -0.454 e. The van der Waals surface area contributed by atoms with Crippen LogP contribution in [0.1, 0.15) is 12.0 Å². The lowest BCUT2D eigenvalue weighted by molar-refractivity contribution is -0.135. The molecule has 140 valence electrons. The molecule has 1 saturated heterocycles. The van der Waals surface area contributed by atoms with Crippen molar-refractivity contribution in [3.8, 4) is 11.5 Å². The van der Waals surface area contributed by atoms with Crippen LogP contribution in [-0.2, 0) is 16.1 Å². The maximum atomic E-state index is 13.8. The average Bonchev–Trinajstić information content (AvgIpc) is 3.28. The average molecular weight is 370 g/mol. The van der Waals surface area contributed by atoms with Gasteiger partial charge < -0.3 is 19.3 Å². The van der Waals surface area contributed by atoms with Gasteiger partial charge in [0.25, 0.3) is 0 Å². The number of carbonyl (C=O) groups is 2. The highest BCUT2D eigenvalue weighted by Crippen LogP contribution is 2.37. The smallest absolute Gasteiger partial charge is 0.231 e. The summed E-state index contributed by atoms with van der Waals surface area (Å²) in [5.74, 6) is 0.136. The summed E-state index contributed by atoms with van der Waals surface area (Å²) in [5, 5.41) is 0. The Hall–Kier alpha value is -3.09. The van der Waals surface area contributed by atoms with Gasteiger partial charge in [0, 0.05) is 43.9 Å². The lowest BCUT2D eigenvalue weighted by atomic mass is 10.1. The van der Waals surface area contributed by atoms with Gasteiger partial charge in [0.15, 0.2) is 11.5 Å². The van der Waals surface area contributed by atoms with E-state index >= 15 is 0 Å². The van der Waals surface area contributed by atoms with Crippen molar-refractivity contribution < 1.29 is 23.5 Å². The summed E-state index contributed by atoms with van der Waals surface area (Å²) >= 11 is 0. The van der Waals surface area contributed by atoms with Crippen molar-refractivity contribution in [1.29, 1.82) is 0 Å². The molecule has 1 unspecified atom stereocenters. The van der Waals surface area contributed by atoms with Crippen molar-refractivity contribution >= 4 is 17.5 Å². The first-order valence-electron chi connectivity index (χ1n) is 8.71. The van der Waals surface area contributed by atoms with E-state index in [2.05, 4.69) is 0 Å². The number of halogens is 1. The fourth-order valence-corrected chi connectivity index (χ4v) is 3.45. The number of rotatable bonds is 4. The first kappa shape index (κ1) is 17.3. The van der Waals surface area contributed by atoms with Gasteiger partial charge in [-0.2, -0.15) is 0 Å². The second-order valence-electron chi connectivity index (χ2n) is 6.73. The topological polar surface area (TPSA) is 59.1 Å². The third-order valence-corrected chi connectivity index (χ3v) is 4.88. The van der Waals surface area contributed by atoms with Crippen LogP contribution in [-0.4, -0.2) is 37.1 Å². The lowest BCUT2D eigenvalue weighted by Gasteiger charge is -2.22. The van der Waals surface area contributed by atoms with Crippen LogP contribution in [0.2, 0.25) is 0 Å². The molecule has 2 aliphatic heterocycles. The van der Waals surface area contributed by atoms with Crippen LogP contribution >= 0.6 is 0 Å². The van der Waals surface area contributed by atoms with Crippen LogP contribution in [0.3, 0.4) is 0 Å². The van der Waals surface area contributed by atoms with Crippen molar-refractivity contribution in [3.63, 3.8) is 0 Å². The Morgan fingerprint density at radius 3 is 2.81 bits per heavy atom. The van der Waals surface area contributed by atoms with Crippen LogP contribution in [0.15, 0.2) is 42.5 Å². The van der Waals surface area contributed by atoms with Gasteiger partial charge in [-0.15, -0.1) is 0 Å². The summed E-state index contributed by atoms with van der Waals surface area (Å²) < 4.78 is 24.5. The molecule has 7 heteroatoms. The molecule has 2 heterocycles. The predicted octanol–water partition coefficient (Wildman–Crippen LogP) is 2.57. The minimum atomic E-state index is -0.459. The first-order valence-corrected chi connectivity index (χ1v) is 8.71. The zero-order valence-corrected chi connectivity index (χ0v) is 14.9. The van der Waals surface area contributed by atoms with E-state index < -0.39 is 5.92 Å². The summed E-state index contributed by atoms with van der Waals surface area (Å²) in [6.45, 7) is 0.619. The van der Waals surface area contributed by atoms with Crippen molar-refractivity contribution in [2.75, 3.05) is 25.3 Å². The number of carbonyl (C=O) groups excluding carboxylic acids is 2. The molecular weight excluding hydrogens is 351 g/mol. The highest BCUT2D eigenvalue weighted by Gasteiger charge is 2.37. The highest BCUT2D eigenvalue weighted by atomic mass is 19.1. The Morgan fingerprint density at radius 1 is 1.22 bits per heavy atom. The number of nitrogens with zero attached hydrogens (tertiary/aromatic N) is 2. The second-order valence-corrected chi connectivity index (χ2v) is 6.73. The molecule has 1 fully saturated rings. The molecule has 1 atom stereocenters. The molecule has 2 aliphatic rings. The van der Waals surface area contributed by atoms with Gasteiger partial charge in [-0.1, -0.05) is 18.2 Å². The highest BCUT2D eigenvalue weighted by molar-refractivity contribution is 6.00. The van der Waals surface area contributed by atoms with Crippen molar-refractivity contribution in [3.05, 3.63) is 53.8 Å². The predicted molar refractivity (Wildman–Crippen MR) is 95.9 cm³/mol. The monoisotopic (exact) mass is 370 g/mol. The van der Waals surface area contributed by atoms with Gasteiger partial charge in [-0.3, -0.25) is 9.59 Å². The van der Waals surface area contributed by atoms with E-state index in [9.17, 15) is 14.0 Å². The van der Waals surface area contributed by atoms with E-state index in [1.807, 2.05) is 0 Å². The Kier molecular flexibility index (Phi) is 4.43. The SMILES string of the molecule is CN(Cc1ccccc1F)C(=O)C1CC(=O)N(c2ccc3c(c2)OCO3)C1. The molecular formula is C20H19FN2O4. The van der Waals surface area contributed by atoms with Crippen LogP contribution < -0.4 is 14.4 Å². The van der Waals surface area contributed by atoms with Crippen LogP contribution in [0, 0.1) is 11.7 Å². The molecule has 6 nitrogen and oxygen atoms in total. The van der Waals surface area contributed by atoms with E-state index in [1.54, 1.807) is 48.3 Å². The fourth-order valence-electron chi connectivity index (χ4n) is 3.45. The molecule has 0 N–H and O–H groups in total. The van der Waals surface area contributed by atoms with Gasteiger partial charge in [-0.25, -0.2) is 4.39 Å². The summed E-state index contributed by atoms with van der Waals surface area (Å²) in [4.78, 5) is 28.3. The molecule has 4 rings (SSSR count). The quantitative estimate of drug-likeness (QED) is 0.830.